The molecule has 1 saturated heterocycles. The predicted molar refractivity (Wildman–Crippen MR) is 103 cm³/mol. The van der Waals surface area contributed by atoms with Gasteiger partial charge in [0.05, 0.1) is 31.9 Å². The van der Waals surface area contributed by atoms with Crippen LogP contribution in [0, 0.1) is 6.92 Å². The Morgan fingerprint density at radius 2 is 1.70 bits per heavy atom. The minimum Gasteiger partial charge on any atom is -0.328 e. The van der Waals surface area contributed by atoms with Crippen molar-refractivity contribution in [2.75, 3.05) is 26.2 Å². The number of carbonyl (C=O) groups excluding carboxylic acids is 1. The van der Waals surface area contributed by atoms with E-state index >= 15 is 0 Å². The zero-order valence-corrected chi connectivity index (χ0v) is 15.5. The second kappa shape index (κ2) is 7.72. The third-order valence-corrected chi connectivity index (χ3v) is 5.15. The number of nitrogens with one attached hydrogen (secondary N) is 1. The maximum atomic E-state index is 12.8. The molecule has 1 fully saturated rings. The van der Waals surface area contributed by atoms with Crippen LogP contribution in [0.4, 0.5) is 0 Å². The Kier molecular flexibility index (Phi) is 4.98. The van der Waals surface area contributed by atoms with E-state index in [1.807, 2.05) is 59.2 Å². The molecule has 0 atom stereocenters. The van der Waals surface area contributed by atoms with Crippen molar-refractivity contribution in [1.29, 1.82) is 0 Å². The van der Waals surface area contributed by atoms with Gasteiger partial charge in [-0.1, -0.05) is 0 Å². The van der Waals surface area contributed by atoms with Gasteiger partial charge in [-0.3, -0.25) is 9.78 Å². The van der Waals surface area contributed by atoms with Crippen LogP contribution in [-0.2, 0) is 6.54 Å². The number of pyridine rings is 1. The Hall–Kier alpha value is -2.99. The van der Waals surface area contributed by atoms with Crippen LogP contribution in [0.1, 0.15) is 21.6 Å². The fourth-order valence-corrected chi connectivity index (χ4v) is 3.56. The Morgan fingerprint density at radius 3 is 2.33 bits per heavy atom. The summed E-state index contributed by atoms with van der Waals surface area (Å²) in [7, 11) is 0. The Labute approximate surface area is 159 Å². The number of aromatic nitrogens is 3. The van der Waals surface area contributed by atoms with Crippen LogP contribution in [0.5, 0.6) is 0 Å². The largest absolute Gasteiger partial charge is 0.328 e. The van der Waals surface area contributed by atoms with Crippen LogP contribution in [-0.4, -0.2) is 51.8 Å². The average molecular weight is 362 g/mol. The van der Waals surface area contributed by atoms with E-state index in [2.05, 4.69) is 22.2 Å². The van der Waals surface area contributed by atoms with E-state index in [0.717, 1.165) is 49.7 Å². The molecule has 0 bridgehead atoms. The topological polar surface area (TPSA) is 55.5 Å². The number of amides is 1. The fourth-order valence-electron chi connectivity index (χ4n) is 3.56. The van der Waals surface area contributed by atoms with Crippen molar-refractivity contribution >= 4 is 5.91 Å². The molecule has 1 amide bonds. The van der Waals surface area contributed by atoms with Gasteiger partial charge < -0.3 is 9.80 Å². The Balaban J connectivity index is 1.36. The first kappa shape index (κ1) is 17.4. The molecular formula is C21H24N5O+. The number of piperazine rings is 1. The van der Waals surface area contributed by atoms with Gasteiger partial charge in [-0.25, -0.2) is 4.68 Å². The molecule has 0 aliphatic carbocycles. The van der Waals surface area contributed by atoms with Gasteiger partial charge in [0.1, 0.15) is 6.54 Å². The summed E-state index contributed by atoms with van der Waals surface area (Å²) in [5.41, 5.74) is 4.08. The van der Waals surface area contributed by atoms with Crippen molar-refractivity contribution in [3.05, 3.63) is 77.9 Å². The van der Waals surface area contributed by atoms with Crippen LogP contribution < -0.4 is 4.90 Å². The molecule has 0 saturated carbocycles. The van der Waals surface area contributed by atoms with E-state index in [9.17, 15) is 4.79 Å². The van der Waals surface area contributed by atoms with Crippen molar-refractivity contribution in [2.24, 2.45) is 0 Å². The maximum absolute atomic E-state index is 12.8. The first-order chi connectivity index (χ1) is 13.2. The summed E-state index contributed by atoms with van der Waals surface area (Å²) >= 11 is 0. The molecule has 0 spiro atoms. The van der Waals surface area contributed by atoms with Crippen molar-refractivity contribution in [1.82, 2.24) is 19.7 Å². The molecule has 4 rings (SSSR count). The van der Waals surface area contributed by atoms with E-state index in [4.69, 9.17) is 0 Å². The molecule has 1 aromatic carbocycles. The maximum Gasteiger partial charge on any atom is 0.254 e. The molecule has 3 heterocycles. The highest BCUT2D eigenvalue weighted by atomic mass is 16.2. The number of rotatable bonds is 4. The highest BCUT2D eigenvalue weighted by Crippen LogP contribution is 2.13. The third kappa shape index (κ3) is 3.90. The normalized spacial score (nSPS) is 15.1. The van der Waals surface area contributed by atoms with E-state index in [1.165, 1.54) is 10.5 Å². The summed E-state index contributed by atoms with van der Waals surface area (Å²) in [6.45, 7) is 6.53. The van der Waals surface area contributed by atoms with Gasteiger partial charge in [-0.15, -0.1) is 0 Å². The van der Waals surface area contributed by atoms with Crippen molar-refractivity contribution in [3.63, 3.8) is 0 Å². The van der Waals surface area contributed by atoms with Crippen LogP contribution >= 0.6 is 0 Å². The second-order valence-corrected chi connectivity index (χ2v) is 7.01. The number of quaternary nitrogens is 1. The monoisotopic (exact) mass is 362 g/mol. The zero-order chi connectivity index (χ0) is 18.6. The SMILES string of the molecule is Cc1ccnn1-c1ccc(C(=O)N2CC[NH+](Cc3ccncc3)CC2)cc1. The smallest absolute Gasteiger partial charge is 0.254 e. The van der Waals surface area contributed by atoms with Crippen LogP contribution in [0.3, 0.4) is 0 Å². The summed E-state index contributed by atoms with van der Waals surface area (Å²) in [6.07, 6.45) is 5.45. The van der Waals surface area contributed by atoms with Crippen LogP contribution in [0.15, 0.2) is 61.1 Å². The van der Waals surface area contributed by atoms with Gasteiger partial charge in [0.25, 0.3) is 5.91 Å². The summed E-state index contributed by atoms with van der Waals surface area (Å²) in [5, 5.41) is 4.31. The lowest BCUT2D eigenvalue weighted by molar-refractivity contribution is -0.917. The van der Waals surface area contributed by atoms with E-state index < -0.39 is 0 Å². The number of hydrogen-bond acceptors (Lipinski definition) is 3. The molecular weight excluding hydrogens is 338 g/mol. The fraction of sp³-hybridized carbons (Fsp3) is 0.286. The third-order valence-electron chi connectivity index (χ3n) is 5.15. The number of hydrogen-bond donors (Lipinski definition) is 1. The second-order valence-electron chi connectivity index (χ2n) is 7.01. The molecule has 2 aromatic heterocycles. The molecule has 1 N–H and O–H groups in total. The predicted octanol–water partition coefficient (Wildman–Crippen LogP) is 1.12. The van der Waals surface area contributed by atoms with Crippen molar-refractivity contribution in [2.45, 2.75) is 13.5 Å². The molecule has 0 unspecified atom stereocenters. The molecule has 138 valence electrons. The Morgan fingerprint density at radius 1 is 1.00 bits per heavy atom. The highest BCUT2D eigenvalue weighted by Gasteiger charge is 2.24. The molecule has 6 heteroatoms. The van der Waals surface area contributed by atoms with Gasteiger partial charge >= 0.3 is 0 Å². The molecule has 0 radical (unpaired) electrons. The minimum atomic E-state index is 0.113. The minimum absolute atomic E-state index is 0.113. The lowest BCUT2D eigenvalue weighted by Gasteiger charge is -2.32. The Bertz CT molecular complexity index is 896. The van der Waals surface area contributed by atoms with Gasteiger partial charge in [-0.05, 0) is 49.4 Å². The van der Waals surface area contributed by atoms with Crippen LogP contribution in [0.2, 0.25) is 0 Å². The first-order valence-electron chi connectivity index (χ1n) is 9.33. The summed E-state index contributed by atoms with van der Waals surface area (Å²) in [6, 6.07) is 13.8. The molecule has 27 heavy (non-hydrogen) atoms. The van der Waals surface area contributed by atoms with Crippen LogP contribution in [0.25, 0.3) is 5.69 Å². The van der Waals surface area contributed by atoms with E-state index in [-0.39, 0.29) is 5.91 Å². The van der Waals surface area contributed by atoms with Gasteiger partial charge in [0.15, 0.2) is 0 Å². The number of nitrogens with zero attached hydrogens (tertiary/aromatic N) is 4. The van der Waals surface area contributed by atoms with E-state index in [0.29, 0.717) is 0 Å². The lowest BCUT2D eigenvalue weighted by atomic mass is 10.1. The standard InChI is InChI=1S/C21H23N5O/c1-17-6-11-23-26(17)20-4-2-19(3-5-20)21(27)25-14-12-24(13-15-25)16-18-7-9-22-10-8-18/h2-11H,12-16H2,1H3/p+1. The number of aryl methyl sites for hydroxylation is 1. The number of benzene rings is 1. The summed E-state index contributed by atoms with van der Waals surface area (Å²) < 4.78 is 1.87. The highest BCUT2D eigenvalue weighted by molar-refractivity contribution is 5.94. The molecule has 3 aromatic rings. The van der Waals surface area contributed by atoms with Crippen molar-refractivity contribution < 1.29 is 9.69 Å². The molecule has 6 nitrogen and oxygen atoms in total. The summed E-state index contributed by atoms with van der Waals surface area (Å²) in [5.74, 6) is 0.113. The quantitative estimate of drug-likeness (QED) is 0.757. The summed E-state index contributed by atoms with van der Waals surface area (Å²) in [4.78, 5) is 20.4. The zero-order valence-electron chi connectivity index (χ0n) is 15.5. The first-order valence-corrected chi connectivity index (χ1v) is 9.33. The van der Waals surface area contributed by atoms with Gasteiger partial charge in [0.2, 0.25) is 0 Å². The number of carbonyl (C=O) groups is 1. The van der Waals surface area contributed by atoms with Crippen molar-refractivity contribution in [3.8, 4) is 5.69 Å². The van der Waals surface area contributed by atoms with E-state index in [1.54, 1.807) is 6.20 Å². The average Bonchev–Trinajstić information content (AvgIpc) is 3.15. The molecule has 1 aliphatic heterocycles. The molecule has 1 aliphatic rings. The van der Waals surface area contributed by atoms with Gasteiger partial charge in [-0.2, -0.15) is 5.10 Å². The van der Waals surface area contributed by atoms with Gasteiger partial charge in [0, 0.05) is 35.4 Å². The lowest BCUT2D eigenvalue weighted by Crippen LogP contribution is -3.13.